The number of nitrogens with two attached hydrogens (primary N) is 1. The Hall–Kier alpha value is -2.53. The van der Waals surface area contributed by atoms with Crippen molar-refractivity contribution >= 4 is 23.5 Å². The summed E-state index contributed by atoms with van der Waals surface area (Å²) in [5, 5.41) is 19.5. The Morgan fingerprint density at radius 3 is 2.45 bits per heavy atom. The molecule has 0 aliphatic rings. The van der Waals surface area contributed by atoms with E-state index >= 15 is 0 Å². The van der Waals surface area contributed by atoms with Gasteiger partial charge in [-0.2, -0.15) is 0 Å². The summed E-state index contributed by atoms with van der Waals surface area (Å²) in [5.74, 6) is -1.42. The smallest absolute Gasteiger partial charge is 0.262 e. The summed E-state index contributed by atoms with van der Waals surface area (Å²) < 4.78 is 0. The van der Waals surface area contributed by atoms with Gasteiger partial charge in [-0.3, -0.25) is 15.5 Å². The second-order valence-corrected chi connectivity index (χ2v) is 4.46. The van der Waals surface area contributed by atoms with Gasteiger partial charge in [0.2, 0.25) is 0 Å². The first-order valence-electron chi connectivity index (χ1n) is 5.73. The van der Waals surface area contributed by atoms with E-state index in [9.17, 15) is 9.90 Å². The van der Waals surface area contributed by atoms with E-state index < -0.39 is 11.9 Å². The molecule has 2 rings (SSSR count). The molecular formula is C14H12ClN3O2. The monoisotopic (exact) mass is 289 g/mol. The molecule has 0 saturated heterocycles. The van der Waals surface area contributed by atoms with Gasteiger partial charge in [0, 0.05) is 10.6 Å². The number of carbonyl (C=O) groups is 1. The topological polar surface area (TPSA) is 99.2 Å². The zero-order valence-electron chi connectivity index (χ0n) is 10.4. The summed E-state index contributed by atoms with van der Waals surface area (Å²) in [6.45, 7) is 0. The molecule has 0 aromatic heterocycles. The first kappa shape index (κ1) is 13.9. The van der Waals surface area contributed by atoms with Crippen LogP contribution in [0.5, 0.6) is 5.75 Å². The van der Waals surface area contributed by atoms with Gasteiger partial charge < -0.3 is 10.8 Å². The SMILES string of the molecule is N=C(N)NC(=O)c1c(O)ccc(Cl)c1-c1ccccc1. The zero-order valence-corrected chi connectivity index (χ0v) is 11.1. The molecule has 5 nitrogen and oxygen atoms in total. The Labute approximate surface area is 120 Å². The van der Waals surface area contributed by atoms with Crippen molar-refractivity contribution in [2.24, 2.45) is 5.73 Å². The number of hydrogen-bond donors (Lipinski definition) is 4. The van der Waals surface area contributed by atoms with Crippen molar-refractivity contribution in [3.63, 3.8) is 0 Å². The number of carbonyl (C=O) groups excluding carboxylic acids is 1. The largest absolute Gasteiger partial charge is 0.507 e. The fourth-order valence-corrected chi connectivity index (χ4v) is 2.13. The van der Waals surface area contributed by atoms with Crippen molar-refractivity contribution in [1.82, 2.24) is 5.32 Å². The number of benzene rings is 2. The second kappa shape index (κ2) is 5.63. The summed E-state index contributed by atoms with van der Waals surface area (Å²) in [5.41, 5.74) is 6.21. The third-order valence-electron chi connectivity index (χ3n) is 2.67. The molecule has 2 aromatic rings. The molecule has 0 fully saturated rings. The molecule has 0 aliphatic carbocycles. The lowest BCUT2D eigenvalue weighted by molar-refractivity contribution is 0.0974. The molecule has 20 heavy (non-hydrogen) atoms. The second-order valence-electron chi connectivity index (χ2n) is 4.05. The summed E-state index contributed by atoms with van der Waals surface area (Å²) in [6.07, 6.45) is 0. The molecule has 102 valence electrons. The fourth-order valence-electron chi connectivity index (χ4n) is 1.87. The first-order chi connectivity index (χ1) is 9.50. The average molecular weight is 290 g/mol. The van der Waals surface area contributed by atoms with Crippen LogP contribution >= 0.6 is 11.6 Å². The molecule has 0 spiro atoms. The van der Waals surface area contributed by atoms with Gasteiger partial charge in [-0.25, -0.2) is 0 Å². The van der Waals surface area contributed by atoms with Gasteiger partial charge in [0.1, 0.15) is 5.75 Å². The molecule has 0 saturated carbocycles. The molecule has 5 N–H and O–H groups in total. The molecular weight excluding hydrogens is 278 g/mol. The highest BCUT2D eigenvalue weighted by molar-refractivity contribution is 6.34. The maximum Gasteiger partial charge on any atom is 0.262 e. The predicted molar refractivity (Wildman–Crippen MR) is 77.9 cm³/mol. The van der Waals surface area contributed by atoms with Crippen LogP contribution in [0.1, 0.15) is 10.4 Å². The highest BCUT2D eigenvalue weighted by Crippen LogP contribution is 2.36. The summed E-state index contributed by atoms with van der Waals surface area (Å²) in [6, 6.07) is 11.8. The number of halogens is 1. The van der Waals surface area contributed by atoms with Gasteiger partial charge in [-0.15, -0.1) is 0 Å². The molecule has 0 unspecified atom stereocenters. The summed E-state index contributed by atoms with van der Waals surface area (Å²) in [7, 11) is 0. The van der Waals surface area contributed by atoms with E-state index in [4.69, 9.17) is 22.7 Å². The van der Waals surface area contributed by atoms with Crippen molar-refractivity contribution in [3.8, 4) is 16.9 Å². The normalized spacial score (nSPS) is 10.1. The maximum atomic E-state index is 12.1. The zero-order chi connectivity index (χ0) is 14.7. The van der Waals surface area contributed by atoms with Crippen LogP contribution in [0.15, 0.2) is 42.5 Å². The molecule has 0 heterocycles. The third kappa shape index (κ3) is 2.73. The van der Waals surface area contributed by atoms with Gasteiger partial charge in [0.25, 0.3) is 5.91 Å². The Bertz CT molecular complexity index is 672. The number of guanidine groups is 1. The molecule has 1 amide bonds. The quantitative estimate of drug-likeness (QED) is 0.504. The van der Waals surface area contributed by atoms with E-state index in [1.807, 2.05) is 6.07 Å². The molecule has 0 bridgehead atoms. The van der Waals surface area contributed by atoms with Gasteiger partial charge >= 0.3 is 0 Å². The predicted octanol–water partition coefficient (Wildman–Crippen LogP) is 2.34. The minimum absolute atomic E-state index is 0.0149. The standard InChI is InChI=1S/C14H12ClN3O2/c15-9-6-7-10(19)12(13(20)18-14(16)17)11(9)8-4-2-1-3-5-8/h1-7,19H,(H4,16,17,18,20). The van der Waals surface area contributed by atoms with Gasteiger partial charge in [0.05, 0.1) is 5.56 Å². The molecule has 2 aromatic carbocycles. The number of amides is 1. The Kier molecular flexibility index (Phi) is 3.91. The minimum atomic E-state index is -0.684. The van der Waals surface area contributed by atoms with Crippen molar-refractivity contribution in [2.75, 3.05) is 0 Å². The van der Waals surface area contributed by atoms with Gasteiger partial charge in [-0.05, 0) is 17.7 Å². The lowest BCUT2D eigenvalue weighted by Crippen LogP contribution is -2.36. The van der Waals surface area contributed by atoms with E-state index in [1.54, 1.807) is 24.3 Å². The van der Waals surface area contributed by atoms with E-state index in [0.717, 1.165) is 0 Å². The number of hydrogen-bond acceptors (Lipinski definition) is 3. The van der Waals surface area contributed by atoms with Crippen LogP contribution in [0.25, 0.3) is 11.1 Å². The van der Waals surface area contributed by atoms with Crippen LogP contribution in [0.3, 0.4) is 0 Å². The van der Waals surface area contributed by atoms with E-state index in [-0.39, 0.29) is 11.3 Å². The highest BCUT2D eigenvalue weighted by Gasteiger charge is 2.20. The van der Waals surface area contributed by atoms with Crippen molar-refractivity contribution < 1.29 is 9.90 Å². The van der Waals surface area contributed by atoms with Crippen molar-refractivity contribution in [1.29, 1.82) is 5.41 Å². The Morgan fingerprint density at radius 2 is 1.85 bits per heavy atom. The summed E-state index contributed by atoms with van der Waals surface area (Å²) >= 11 is 6.14. The Balaban J connectivity index is 2.64. The van der Waals surface area contributed by atoms with Crippen LogP contribution < -0.4 is 11.1 Å². The third-order valence-corrected chi connectivity index (χ3v) is 2.99. The number of aromatic hydroxyl groups is 1. The van der Waals surface area contributed by atoms with Gasteiger partial charge in [-0.1, -0.05) is 41.9 Å². The number of phenolic OH excluding ortho intramolecular Hbond substituents is 1. The minimum Gasteiger partial charge on any atom is -0.507 e. The maximum absolute atomic E-state index is 12.1. The fraction of sp³-hybridized carbons (Fsp3) is 0. The van der Waals surface area contributed by atoms with Crippen LogP contribution in [0, 0.1) is 5.41 Å². The summed E-state index contributed by atoms with van der Waals surface area (Å²) in [4.78, 5) is 12.1. The highest BCUT2D eigenvalue weighted by atomic mass is 35.5. The van der Waals surface area contributed by atoms with Crippen LogP contribution in [-0.2, 0) is 0 Å². The lowest BCUT2D eigenvalue weighted by atomic mass is 9.98. The van der Waals surface area contributed by atoms with E-state index in [2.05, 4.69) is 5.32 Å². The Morgan fingerprint density at radius 1 is 1.20 bits per heavy atom. The average Bonchev–Trinajstić information content (AvgIpc) is 2.41. The van der Waals surface area contributed by atoms with E-state index in [0.29, 0.717) is 16.1 Å². The first-order valence-corrected chi connectivity index (χ1v) is 6.10. The number of phenols is 1. The molecule has 0 atom stereocenters. The van der Waals surface area contributed by atoms with Gasteiger partial charge in [0.15, 0.2) is 5.96 Å². The van der Waals surface area contributed by atoms with Crippen LogP contribution in [0.4, 0.5) is 0 Å². The lowest BCUT2D eigenvalue weighted by Gasteiger charge is -2.13. The van der Waals surface area contributed by atoms with Crippen LogP contribution in [0.2, 0.25) is 5.02 Å². The van der Waals surface area contributed by atoms with Crippen LogP contribution in [-0.4, -0.2) is 17.0 Å². The van der Waals surface area contributed by atoms with Crippen molar-refractivity contribution in [3.05, 3.63) is 53.1 Å². The number of rotatable bonds is 2. The molecule has 6 heteroatoms. The van der Waals surface area contributed by atoms with Crippen molar-refractivity contribution in [2.45, 2.75) is 0 Å². The van der Waals surface area contributed by atoms with E-state index in [1.165, 1.54) is 12.1 Å². The molecule has 0 aliphatic heterocycles. The molecule has 0 radical (unpaired) electrons. The number of nitrogens with one attached hydrogen (secondary N) is 2.